The van der Waals surface area contributed by atoms with E-state index < -0.39 is 11.5 Å². The zero-order valence-electron chi connectivity index (χ0n) is 19.0. The minimum absolute atomic E-state index is 0.228. The van der Waals surface area contributed by atoms with Crippen LogP contribution in [0, 0.1) is 5.41 Å². The van der Waals surface area contributed by atoms with Crippen LogP contribution in [0.25, 0.3) is 0 Å². The number of piperidine rings is 1. The van der Waals surface area contributed by atoms with Crippen molar-refractivity contribution in [2.45, 2.75) is 64.0 Å². The second-order valence-corrected chi connectivity index (χ2v) is 9.09. The zero-order chi connectivity index (χ0) is 22.7. The molecule has 4 rings (SSSR count). The molecule has 1 aliphatic carbocycles. The highest BCUT2D eigenvalue weighted by Crippen LogP contribution is 2.44. The van der Waals surface area contributed by atoms with Crippen LogP contribution in [0.15, 0.2) is 12.1 Å². The molecule has 0 radical (unpaired) electrons. The number of pyridine rings is 1. The lowest BCUT2D eigenvalue weighted by Gasteiger charge is -2.41. The van der Waals surface area contributed by atoms with Crippen molar-refractivity contribution >= 4 is 23.5 Å². The number of carbonyl (C=O) groups is 2. The van der Waals surface area contributed by atoms with Crippen LogP contribution in [-0.2, 0) is 9.53 Å². The summed E-state index contributed by atoms with van der Waals surface area (Å²) in [6.07, 6.45) is 5.08. The fourth-order valence-electron chi connectivity index (χ4n) is 5.42. The van der Waals surface area contributed by atoms with Gasteiger partial charge in [0, 0.05) is 31.7 Å². The van der Waals surface area contributed by atoms with E-state index in [0.29, 0.717) is 23.9 Å². The van der Waals surface area contributed by atoms with E-state index in [2.05, 4.69) is 20.1 Å². The van der Waals surface area contributed by atoms with E-state index in [1.807, 2.05) is 0 Å². The van der Waals surface area contributed by atoms with E-state index in [1.54, 1.807) is 26.2 Å². The SMILES string of the molecule is CCOC(=O)Nc1ccc(OC)nc1N1CCC[C@@]2(CCN([C@H]3CC[C@H](O)CC3)C2=O)C1. The number of hydrogen-bond acceptors (Lipinski definition) is 7. The molecule has 2 saturated heterocycles. The van der Waals surface area contributed by atoms with Crippen LogP contribution in [0.4, 0.5) is 16.3 Å². The average molecular weight is 447 g/mol. The summed E-state index contributed by atoms with van der Waals surface area (Å²) in [5, 5.41) is 12.6. The van der Waals surface area contributed by atoms with E-state index in [1.165, 1.54) is 0 Å². The predicted molar refractivity (Wildman–Crippen MR) is 120 cm³/mol. The molecule has 9 heteroatoms. The second kappa shape index (κ2) is 9.52. The predicted octanol–water partition coefficient (Wildman–Crippen LogP) is 2.78. The third-order valence-corrected chi connectivity index (χ3v) is 7.10. The number of likely N-dealkylation sites (tertiary alicyclic amines) is 1. The molecule has 1 aromatic heterocycles. The molecule has 3 fully saturated rings. The standard InChI is InChI=1S/C23H34N4O5/c1-3-32-22(30)24-18-9-10-19(31-2)25-20(18)26-13-4-11-23(15-26)12-14-27(21(23)29)16-5-7-17(28)8-6-16/h9-10,16-17,28H,3-8,11-15H2,1-2H3,(H,24,30)/t16-,17-,23-/m1/s1. The monoisotopic (exact) mass is 446 g/mol. The second-order valence-electron chi connectivity index (χ2n) is 9.09. The lowest BCUT2D eigenvalue weighted by Crippen LogP contribution is -2.50. The van der Waals surface area contributed by atoms with Gasteiger partial charge in [-0.05, 0) is 57.9 Å². The van der Waals surface area contributed by atoms with Gasteiger partial charge >= 0.3 is 6.09 Å². The Balaban J connectivity index is 1.54. The third kappa shape index (κ3) is 4.48. The Labute approximate surface area is 189 Å². The van der Waals surface area contributed by atoms with Crippen molar-refractivity contribution < 1.29 is 24.2 Å². The van der Waals surface area contributed by atoms with Gasteiger partial charge in [-0.2, -0.15) is 4.98 Å². The Kier molecular flexibility index (Phi) is 6.74. The van der Waals surface area contributed by atoms with Crippen LogP contribution in [0.2, 0.25) is 0 Å². The van der Waals surface area contributed by atoms with E-state index in [0.717, 1.165) is 58.0 Å². The molecule has 1 atom stereocenters. The summed E-state index contributed by atoms with van der Waals surface area (Å²) in [4.78, 5) is 34.4. The molecule has 0 unspecified atom stereocenters. The van der Waals surface area contributed by atoms with Crippen LogP contribution in [0.3, 0.4) is 0 Å². The van der Waals surface area contributed by atoms with Crippen molar-refractivity contribution in [2.75, 3.05) is 43.6 Å². The number of amides is 2. The first-order valence-electron chi connectivity index (χ1n) is 11.7. The first-order chi connectivity index (χ1) is 15.5. The third-order valence-electron chi connectivity index (χ3n) is 7.10. The van der Waals surface area contributed by atoms with Crippen LogP contribution in [-0.4, -0.2) is 72.5 Å². The van der Waals surface area contributed by atoms with Gasteiger partial charge < -0.3 is 24.4 Å². The zero-order valence-corrected chi connectivity index (χ0v) is 19.0. The van der Waals surface area contributed by atoms with Gasteiger partial charge in [-0.15, -0.1) is 0 Å². The summed E-state index contributed by atoms with van der Waals surface area (Å²) in [5.41, 5.74) is 0.116. The Hall–Kier alpha value is -2.55. The van der Waals surface area contributed by atoms with Crippen molar-refractivity contribution in [2.24, 2.45) is 5.41 Å². The minimum atomic E-state index is -0.532. The molecule has 32 heavy (non-hydrogen) atoms. The molecule has 2 N–H and O–H groups in total. The molecule has 0 bridgehead atoms. The van der Waals surface area contributed by atoms with Crippen molar-refractivity contribution in [1.82, 2.24) is 9.88 Å². The summed E-state index contributed by atoms with van der Waals surface area (Å²) >= 11 is 0. The molecule has 3 heterocycles. The fourth-order valence-corrected chi connectivity index (χ4v) is 5.42. The summed E-state index contributed by atoms with van der Waals surface area (Å²) in [7, 11) is 1.56. The highest BCUT2D eigenvalue weighted by atomic mass is 16.5. The largest absolute Gasteiger partial charge is 0.481 e. The maximum atomic E-state index is 13.6. The lowest BCUT2D eigenvalue weighted by molar-refractivity contribution is -0.139. The number of nitrogens with one attached hydrogen (secondary N) is 1. The maximum absolute atomic E-state index is 13.6. The average Bonchev–Trinajstić information content (AvgIpc) is 3.10. The molecular weight excluding hydrogens is 412 g/mol. The van der Waals surface area contributed by atoms with E-state index >= 15 is 0 Å². The highest BCUT2D eigenvalue weighted by molar-refractivity contribution is 5.90. The normalized spacial score (nSPS) is 28.2. The van der Waals surface area contributed by atoms with E-state index in [-0.39, 0.29) is 24.7 Å². The van der Waals surface area contributed by atoms with Crippen LogP contribution in [0.1, 0.15) is 51.9 Å². The number of hydrogen-bond donors (Lipinski definition) is 2. The molecule has 0 aromatic carbocycles. The Morgan fingerprint density at radius 1 is 1.25 bits per heavy atom. The van der Waals surface area contributed by atoms with E-state index in [4.69, 9.17) is 9.47 Å². The molecule has 2 aliphatic heterocycles. The van der Waals surface area contributed by atoms with Gasteiger partial charge in [-0.1, -0.05) is 0 Å². The number of nitrogens with zero attached hydrogens (tertiary/aromatic N) is 3. The first kappa shape index (κ1) is 22.6. The number of aliphatic hydroxyl groups excluding tert-OH is 1. The fraction of sp³-hybridized carbons (Fsp3) is 0.696. The first-order valence-corrected chi connectivity index (χ1v) is 11.7. The minimum Gasteiger partial charge on any atom is -0.481 e. The molecular formula is C23H34N4O5. The molecule has 1 saturated carbocycles. The number of methoxy groups -OCH3 is 1. The highest BCUT2D eigenvalue weighted by Gasteiger charge is 2.51. The van der Waals surface area contributed by atoms with Crippen molar-refractivity contribution in [1.29, 1.82) is 0 Å². The topological polar surface area (TPSA) is 104 Å². The smallest absolute Gasteiger partial charge is 0.411 e. The number of aromatic nitrogens is 1. The van der Waals surface area contributed by atoms with Gasteiger partial charge in [-0.3, -0.25) is 10.1 Å². The molecule has 1 aromatic rings. The van der Waals surface area contributed by atoms with Crippen LogP contribution < -0.4 is 15.0 Å². The molecule has 9 nitrogen and oxygen atoms in total. The van der Waals surface area contributed by atoms with Gasteiger partial charge in [-0.25, -0.2) is 4.79 Å². The summed E-state index contributed by atoms with van der Waals surface area (Å²) in [6.45, 7) is 4.12. The Morgan fingerprint density at radius 2 is 2.03 bits per heavy atom. The quantitative estimate of drug-likeness (QED) is 0.717. The van der Waals surface area contributed by atoms with Crippen molar-refractivity contribution in [3.8, 4) is 5.88 Å². The van der Waals surface area contributed by atoms with Gasteiger partial charge in [0.05, 0.1) is 30.9 Å². The van der Waals surface area contributed by atoms with Gasteiger partial charge in [0.25, 0.3) is 0 Å². The summed E-state index contributed by atoms with van der Waals surface area (Å²) < 4.78 is 10.4. The van der Waals surface area contributed by atoms with Gasteiger partial charge in [0.2, 0.25) is 11.8 Å². The Bertz CT molecular complexity index is 842. The van der Waals surface area contributed by atoms with Crippen molar-refractivity contribution in [3.63, 3.8) is 0 Å². The molecule has 1 spiro atoms. The number of anilines is 2. The summed E-state index contributed by atoms with van der Waals surface area (Å²) in [5.74, 6) is 1.28. The number of rotatable bonds is 5. The number of aliphatic hydroxyl groups is 1. The molecule has 176 valence electrons. The van der Waals surface area contributed by atoms with Crippen LogP contribution >= 0.6 is 0 Å². The van der Waals surface area contributed by atoms with Gasteiger partial charge in [0.1, 0.15) is 0 Å². The summed E-state index contributed by atoms with van der Waals surface area (Å²) in [6, 6.07) is 3.69. The Morgan fingerprint density at radius 3 is 2.75 bits per heavy atom. The molecule has 3 aliphatic rings. The maximum Gasteiger partial charge on any atom is 0.411 e. The van der Waals surface area contributed by atoms with E-state index in [9.17, 15) is 14.7 Å². The lowest BCUT2D eigenvalue weighted by atomic mass is 9.78. The number of ether oxygens (including phenoxy) is 2. The van der Waals surface area contributed by atoms with Crippen molar-refractivity contribution in [3.05, 3.63) is 12.1 Å². The number of carbonyl (C=O) groups excluding carboxylic acids is 2. The van der Waals surface area contributed by atoms with Crippen LogP contribution in [0.5, 0.6) is 5.88 Å². The molecule has 2 amide bonds. The van der Waals surface area contributed by atoms with Gasteiger partial charge in [0.15, 0.2) is 5.82 Å².